The Hall–Kier alpha value is -2.32. The number of amides is 2. The van der Waals surface area contributed by atoms with Gasteiger partial charge in [0, 0.05) is 24.3 Å². The second-order valence-electron chi connectivity index (χ2n) is 5.72. The number of hydrogen-bond donors (Lipinski definition) is 2. The molecule has 27 heavy (non-hydrogen) atoms. The molecule has 0 atom stereocenters. The zero-order chi connectivity index (χ0) is 20.1. The number of halogens is 1. The number of hydrogen-bond acceptors (Lipinski definition) is 6. The van der Waals surface area contributed by atoms with Crippen LogP contribution in [0.15, 0.2) is 23.4 Å². The van der Waals surface area contributed by atoms with Crippen LogP contribution in [0.2, 0.25) is 5.15 Å². The van der Waals surface area contributed by atoms with Crippen molar-refractivity contribution in [1.82, 2.24) is 14.9 Å². The molecule has 0 saturated heterocycles. The highest BCUT2D eigenvalue weighted by atomic mass is 35.5. The fourth-order valence-electron chi connectivity index (χ4n) is 2.52. The predicted molar refractivity (Wildman–Crippen MR) is 109 cm³/mol. The number of carbonyl (C=O) groups excluding carboxylic acids is 2. The lowest BCUT2D eigenvalue weighted by molar-refractivity contribution is 0.0772. The average molecular weight is 408 g/mol. The van der Waals surface area contributed by atoms with Crippen LogP contribution in [-0.2, 0) is 0 Å². The third kappa shape index (κ3) is 4.70. The van der Waals surface area contributed by atoms with Crippen molar-refractivity contribution in [3.8, 4) is 0 Å². The molecule has 1 heterocycles. The molecule has 1 aromatic carbocycles. The molecular formula is C18H22ClN5O2S. The van der Waals surface area contributed by atoms with Crippen LogP contribution in [-0.4, -0.2) is 46.0 Å². The van der Waals surface area contributed by atoms with E-state index in [0.717, 1.165) is 5.56 Å². The van der Waals surface area contributed by atoms with Gasteiger partial charge in [0.25, 0.3) is 11.8 Å². The largest absolute Gasteiger partial charge is 0.365 e. The smallest absolute Gasteiger partial charge is 0.255 e. The molecular weight excluding hydrogens is 386 g/mol. The number of primary amides is 1. The molecule has 0 aliphatic heterocycles. The molecule has 2 rings (SSSR count). The molecule has 0 aliphatic carbocycles. The summed E-state index contributed by atoms with van der Waals surface area (Å²) >= 11 is 7.40. The summed E-state index contributed by atoms with van der Waals surface area (Å²) in [4.78, 5) is 34.5. The van der Waals surface area contributed by atoms with Gasteiger partial charge in [-0.1, -0.05) is 29.4 Å². The summed E-state index contributed by atoms with van der Waals surface area (Å²) in [7, 11) is 0. The molecule has 0 bridgehead atoms. The highest BCUT2D eigenvalue weighted by Gasteiger charge is 2.20. The molecule has 7 nitrogen and oxygen atoms in total. The Morgan fingerprint density at radius 2 is 1.93 bits per heavy atom. The summed E-state index contributed by atoms with van der Waals surface area (Å²) < 4.78 is 0. The lowest BCUT2D eigenvalue weighted by atomic mass is 10.1. The van der Waals surface area contributed by atoms with Crippen molar-refractivity contribution in [1.29, 1.82) is 0 Å². The van der Waals surface area contributed by atoms with E-state index < -0.39 is 5.91 Å². The molecule has 0 fully saturated rings. The van der Waals surface area contributed by atoms with Crippen LogP contribution >= 0.6 is 23.4 Å². The number of benzene rings is 1. The summed E-state index contributed by atoms with van der Waals surface area (Å²) in [5.74, 6) is -0.589. The van der Waals surface area contributed by atoms with Crippen LogP contribution in [0.1, 0.15) is 40.1 Å². The Labute approximate surface area is 167 Å². The first-order valence-electron chi connectivity index (χ1n) is 8.40. The standard InChI is InChI=1S/C18H22ClN5O2S/c1-5-24(6-2)17(26)11-8-7-10(3)12(9-11)21-16-13(15(20)25)14(19)22-18(23-16)27-4/h7-9H,5-6H2,1-4H3,(H2,20,25)(H,21,22,23). The number of nitrogens with two attached hydrogens (primary N) is 1. The van der Waals surface area contributed by atoms with Crippen LogP contribution in [0.25, 0.3) is 0 Å². The van der Waals surface area contributed by atoms with Crippen molar-refractivity contribution in [3.05, 3.63) is 40.0 Å². The monoisotopic (exact) mass is 407 g/mol. The van der Waals surface area contributed by atoms with Crippen LogP contribution in [0.3, 0.4) is 0 Å². The Bertz CT molecular complexity index is 871. The maximum absolute atomic E-state index is 12.6. The molecule has 0 saturated carbocycles. The van der Waals surface area contributed by atoms with Gasteiger partial charge in [0.05, 0.1) is 0 Å². The number of nitrogens with one attached hydrogen (secondary N) is 1. The minimum Gasteiger partial charge on any atom is -0.365 e. The van der Waals surface area contributed by atoms with E-state index >= 15 is 0 Å². The third-order valence-corrected chi connectivity index (χ3v) is 4.88. The van der Waals surface area contributed by atoms with Gasteiger partial charge >= 0.3 is 0 Å². The van der Waals surface area contributed by atoms with Crippen molar-refractivity contribution < 1.29 is 9.59 Å². The summed E-state index contributed by atoms with van der Waals surface area (Å²) in [6.07, 6.45) is 1.80. The fourth-order valence-corrected chi connectivity index (χ4v) is 3.20. The van der Waals surface area contributed by atoms with Gasteiger partial charge in [0.1, 0.15) is 16.5 Å². The number of aryl methyl sites for hydroxylation is 1. The summed E-state index contributed by atoms with van der Waals surface area (Å²) in [6, 6.07) is 5.34. The summed E-state index contributed by atoms with van der Waals surface area (Å²) in [6.45, 7) is 6.99. The molecule has 1 aromatic heterocycles. The normalized spacial score (nSPS) is 10.6. The zero-order valence-electron chi connectivity index (χ0n) is 15.7. The van der Waals surface area contributed by atoms with Gasteiger partial charge in [0.2, 0.25) is 0 Å². The number of nitrogens with zero attached hydrogens (tertiary/aromatic N) is 3. The minimum atomic E-state index is -0.733. The third-order valence-electron chi connectivity index (χ3n) is 4.06. The van der Waals surface area contributed by atoms with Gasteiger partial charge in [-0.05, 0) is 44.7 Å². The van der Waals surface area contributed by atoms with Crippen molar-refractivity contribution in [3.63, 3.8) is 0 Å². The minimum absolute atomic E-state index is 0.00865. The predicted octanol–water partition coefficient (Wildman–Crippen LogP) is 3.48. The van der Waals surface area contributed by atoms with E-state index in [1.165, 1.54) is 11.8 Å². The SMILES string of the molecule is CCN(CC)C(=O)c1ccc(C)c(Nc2nc(SC)nc(Cl)c2C(N)=O)c1. The van der Waals surface area contributed by atoms with E-state index in [-0.39, 0.29) is 22.4 Å². The van der Waals surface area contributed by atoms with E-state index in [1.807, 2.05) is 26.8 Å². The fraction of sp³-hybridized carbons (Fsp3) is 0.333. The Balaban J connectivity index is 2.49. The first kappa shape index (κ1) is 21.0. The lowest BCUT2D eigenvalue weighted by Crippen LogP contribution is -2.30. The molecule has 0 radical (unpaired) electrons. The van der Waals surface area contributed by atoms with E-state index in [4.69, 9.17) is 17.3 Å². The highest BCUT2D eigenvalue weighted by Crippen LogP contribution is 2.28. The van der Waals surface area contributed by atoms with Crippen LogP contribution < -0.4 is 11.1 Å². The van der Waals surface area contributed by atoms with Gasteiger partial charge < -0.3 is 16.0 Å². The Kier molecular flexibility index (Phi) is 7.04. The lowest BCUT2D eigenvalue weighted by Gasteiger charge is -2.20. The van der Waals surface area contributed by atoms with Crippen LogP contribution in [0, 0.1) is 6.92 Å². The number of thioether (sulfide) groups is 1. The molecule has 9 heteroatoms. The number of anilines is 2. The first-order chi connectivity index (χ1) is 12.8. The average Bonchev–Trinajstić information content (AvgIpc) is 2.63. The van der Waals surface area contributed by atoms with Crippen molar-refractivity contribution in [2.45, 2.75) is 25.9 Å². The quantitative estimate of drug-likeness (QED) is 0.414. The van der Waals surface area contributed by atoms with Crippen LogP contribution in [0.4, 0.5) is 11.5 Å². The van der Waals surface area contributed by atoms with Crippen molar-refractivity contribution in [2.75, 3.05) is 24.7 Å². The molecule has 0 spiro atoms. The van der Waals surface area contributed by atoms with Gasteiger partial charge in [0.15, 0.2) is 5.16 Å². The topological polar surface area (TPSA) is 101 Å². The molecule has 0 unspecified atom stereocenters. The van der Waals surface area contributed by atoms with E-state index in [2.05, 4.69) is 15.3 Å². The van der Waals surface area contributed by atoms with Crippen molar-refractivity contribution >= 4 is 46.7 Å². The Morgan fingerprint density at radius 3 is 2.48 bits per heavy atom. The maximum Gasteiger partial charge on any atom is 0.255 e. The Morgan fingerprint density at radius 1 is 1.26 bits per heavy atom. The number of aromatic nitrogens is 2. The van der Waals surface area contributed by atoms with Crippen molar-refractivity contribution in [2.24, 2.45) is 5.73 Å². The molecule has 0 aliphatic rings. The highest BCUT2D eigenvalue weighted by molar-refractivity contribution is 7.98. The second-order valence-corrected chi connectivity index (χ2v) is 6.85. The first-order valence-corrected chi connectivity index (χ1v) is 10.0. The molecule has 144 valence electrons. The number of carbonyl (C=O) groups is 2. The van der Waals surface area contributed by atoms with E-state index in [1.54, 1.807) is 23.3 Å². The molecule has 2 aromatic rings. The summed E-state index contributed by atoms with van der Waals surface area (Å²) in [5, 5.41) is 3.47. The zero-order valence-corrected chi connectivity index (χ0v) is 17.2. The van der Waals surface area contributed by atoms with Gasteiger partial charge in [-0.15, -0.1) is 0 Å². The van der Waals surface area contributed by atoms with Crippen LogP contribution in [0.5, 0.6) is 0 Å². The molecule has 3 N–H and O–H groups in total. The van der Waals surface area contributed by atoms with Gasteiger partial charge in [-0.2, -0.15) is 0 Å². The van der Waals surface area contributed by atoms with Gasteiger partial charge in [-0.3, -0.25) is 9.59 Å². The van der Waals surface area contributed by atoms with Gasteiger partial charge in [-0.25, -0.2) is 9.97 Å². The molecule has 2 amide bonds. The van der Waals surface area contributed by atoms with E-state index in [9.17, 15) is 9.59 Å². The second kappa shape index (κ2) is 9.05. The number of rotatable bonds is 7. The summed E-state index contributed by atoms with van der Waals surface area (Å²) in [5.41, 5.74) is 7.50. The maximum atomic E-state index is 12.6. The van der Waals surface area contributed by atoms with E-state index in [0.29, 0.717) is 29.5 Å².